The third-order valence-corrected chi connectivity index (χ3v) is 5.68. The first-order chi connectivity index (χ1) is 14.1. The van der Waals surface area contributed by atoms with Gasteiger partial charge in [-0.3, -0.25) is 14.4 Å². The van der Waals surface area contributed by atoms with E-state index in [4.69, 9.17) is 9.15 Å². The van der Waals surface area contributed by atoms with Gasteiger partial charge in [0.1, 0.15) is 12.9 Å². The first-order valence-electron chi connectivity index (χ1n) is 9.81. The standard InChI is InChI=1S/C20H24N4O5/c1-2-28-11-18(25)21-7-17-14-6-13(16-4-3-5-19(26)24(16)17)8-23(9-14)20(27)15-10-29-12-22-15/h3-5,10,12-14,17H,2,6-9,11H2,1H3,(H,21,25)/t13-,14+,17+/m1/s1. The van der Waals surface area contributed by atoms with Gasteiger partial charge in [-0.15, -0.1) is 0 Å². The van der Waals surface area contributed by atoms with E-state index in [0.29, 0.717) is 26.2 Å². The number of aromatic nitrogens is 2. The number of hydrogen-bond acceptors (Lipinski definition) is 6. The number of carbonyl (C=O) groups is 2. The van der Waals surface area contributed by atoms with Crippen LogP contribution >= 0.6 is 0 Å². The Morgan fingerprint density at radius 2 is 2.21 bits per heavy atom. The zero-order valence-electron chi connectivity index (χ0n) is 16.2. The number of carbonyl (C=O) groups excluding carboxylic acids is 2. The van der Waals surface area contributed by atoms with Crippen molar-refractivity contribution in [3.63, 3.8) is 0 Å². The highest BCUT2D eigenvalue weighted by Gasteiger charge is 2.42. The summed E-state index contributed by atoms with van der Waals surface area (Å²) in [4.78, 5) is 43.2. The van der Waals surface area contributed by atoms with Crippen LogP contribution in [0.3, 0.4) is 0 Å². The fraction of sp³-hybridized carbons (Fsp3) is 0.500. The lowest BCUT2D eigenvalue weighted by atomic mass is 9.78. The van der Waals surface area contributed by atoms with Crippen LogP contribution in [0.15, 0.2) is 40.1 Å². The summed E-state index contributed by atoms with van der Waals surface area (Å²) in [5.41, 5.74) is 1.09. The number of nitrogens with one attached hydrogen (secondary N) is 1. The van der Waals surface area contributed by atoms with Crippen LogP contribution in [0.1, 0.15) is 41.5 Å². The Kier molecular flexibility index (Phi) is 5.48. The van der Waals surface area contributed by atoms with Gasteiger partial charge < -0.3 is 23.9 Å². The molecule has 0 radical (unpaired) electrons. The summed E-state index contributed by atoms with van der Waals surface area (Å²) in [5.74, 6) is -0.288. The molecule has 29 heavy (non-hydrogen) atoms. The maximum Gasteiger partial charge on any atom is 0.275 e. The van der Waals surface area contributed by atoms with Crippen LogP contribution in [0.2, 0.25) is 0 Å². The van der Waals surface area contributed by atoms with Gasteiger partial charge in [0.05, 0.1) is 6.04 Å². The van der Waals surface area contributed by atoms with E-state index < -0.39 is 0 Å². The van der Waals surface area contributed by atoms with Crippen molar-refractivity contribution >= 4 is 11.8 Å². The van der Waals surface area contributed by atoms with Crippen molar-refractivity contribution in [3.05, 3.63) is 52.6 Å². The molecule has 0 saturated carbocycles. The largest absolute Gasteiger partial charge is 0.451 e. The molecule has 2 aromatic heterocycles. The molecular weight excluding hydrogens is 376 g/mol. The molecule has 4 rings (SSSR count). The van der Waals surface area contributed by atoms with Gasteiger partial charge in [0.25, 0.3) is 11.5 Å². The molecule has 154 valence electrons. The molecule has 0 aromatic carbocycles. The van der Waals surface area contributed by atoms with Crippen LogP contribution in [0.25, 0.3) is 0 Å². The fourth-order valence-electron chi connectivity index (χ4n) is 4.41. The highest BCUT2D eigenvalue weighted by Crippen LogP contribution is 2.41. The first kappa shape index (κ1) is 19.4. The molecule has 0 spiro atoms. The van der Waals surface area contributed by atoms with Crippen molar-refractivity contribution in [1.29, 1.82) is 0 Å². The van der Waals surface area contributed by atoms with Gasteiger partial charge >= 0.3 is 0 Å². The second kappa shape index (κ2) is 8.20. The number of ether oxygens (including phenoxy) is 1. The number of pyridine rings is 1. The van der Waals surface area contributed by atoms with Crippen molar-refractivity contribution in [2.45, 2.75) is 25.3 Å². The van der Waals surface area contributed by atoms with Gasteiger partial charge in [0, 0.05) is 43.9 Å². The molecular formula is C20H24N4O5. The Labute approximate surface area is 167 Å². The van der Waals surface area contributed by atoms with Gasteiger partial charge in [-0.05, 0) is 25.3 Å². The third kappa shape index (κ3) is 3.82. The molecule has 9 nitrogen and oxygen atoms in total. The number of hydrogen-bond donors (Lipinski definition) is 1. The Hall–Kier alpha value is -2.94. The van der Waals surface area contributed by atoms with Gasteiger partial charge in [-0.1, -0.05) is 6.07 Å². The highest BCUT2D eigenvalue weighted by atomic mass is 16.5. The summed E-state index contributed by atoms with van der Waals surface area (Å²) in [6.07, 6.45) is 3.44. The molecule has 2 amide bonds. The normalized spacial score (nSPS) is 22.8. The Balaban J connectivity index is 1.59. The molecule has 0 aliphatic carbocycles. The fourth-order valence-corrected chi connectivity index (χ4v) is 4.41. The van der Waals surface area contributed by atoms with Crippen molar-refractivity contribution in [3.8, 4) is 0 Å². The summed E-state index contributed by atoms with van der Waals surface area (Å²) in [5, 5.41) is 2.88. The van der Waals surface area contributed by atoms with E-state index in [9.17, 15) is 14.4 Å². The zero-order valence-corrected chi connectivity index (χ0v) is 16.2. The molecule has 9 heteroatoms. The van der Waals surface area contributed by atoms with E-state index in [1.165, 1.54) is 18.7 Å². The monoisotopic (exact) mass is 400 g/mol. The van der Waals surface area contributed by atoms with E-state index in [1.807, 2.05) is 13.0 Å². The van der Waals surface area contributed by atoms with E-state index in [-0.39, 0.29) is 47.6 Å². The van der Waals surface area contributed by atoms with Crippen LogP contribution in [0, 0.1) is 5.92 Å². The van der Waals surface area contributed by atoms with Gasteiger partial charge in [0.15, 0.2) is 12.1 Å². The number of nitrogens with zero attached hydrogens (tertiary/aromatic N) is 3. The predicted octanol–water partition coefficient (Wildman–Crippen LogP) is 0.790. The van der Waals surface area contributed by atoms with E-state index >= 15 is 0 Å². The lowest BCUT2D eigenvalue weighted by Gasteiger charge is -2.46. The molecule has 3 atom stereocenters. The minimum atomic E-state index is -0.228. The topological polar surface area (TPSA) is 107 Å². The second-order valence-electron chi connectivity index (χ2n) is 7.44. The lowest BCUT2D eigenvalue weighted by Crippen LogP contribution is -2.53. The number of amides is 2. The van der Waals surface area contributed by atoms with E-state index in [0.717, 1.165) is 12.1 Å². The molecule has 4 heterocycles. The van der Waals surface area contributed by atoms with Gasteiger partial charge in [0.2, 0.25) is 5.91 Å². The summed E-state index contributed by atoms with van der Waals surface area (Å²) in [6.45, 7) is 3.61. The van der Waals surface area contributed by atoms with Crippen LogP contribution in [0.4, 0.5) is 0 Å². The quantitative estimate of drug-likeness (QED) is 0.768. The number of rotatable bonds is 6. The van der Waals surface area contributed by atoms with Crippen molar-refractivity contribution in [1.82, 2.24) is 19.8 Å². The maximum absolute atomic E-state index is 12.8. The predicted molar refractivity (Wildman–Crippen MR) is 102 cm³/mol. The number of likely N-dealkylation sites (tertiary alicyclic amines) is 1. The molecule has 0 unspecified atom stereocenters. The molecule has 2 aliphatic heterocycles. The van der Waals surface area contributed by atoms with Gasteiger partial charge in [-0.25, -0.2) is 4.98 Å². The average molecular weight is 400 g/mol. The Morgan fingerprint density at radius 1 is 1.34 bits per heavy atom. The zero-order chi connectivity index (χ0) is 20.4. The van der Waals surface area contributed by atoms with E-state index in [1.54, 1.807) is 15.5 Å². The molecule has 2 aliphatic rings. The van der Waals surface area contributed by atoms with Gasteiger partial charge in [-0.2, -0.15) is 0 Å². The maximum atomic E-state index is 12.8. The van der Waals surface area contributed by atoms with Crippen molar-refractivity contribution in [2.75, 3.05) is 32.8 Å². The first-order valence-corrected chi connectivity index (χ1v) is 9.81. The number of fused-ring (bicyclic) bond motifs is 4. The summed E-state index contributed by atoms with van der Waals surface area (Å²) < 4.78 is 11.9. The van der Waals surface area contributed by atoms with Crippen LogP contribution in [0.5, 0.6) is 0 Å². The number of piperidine rings is 1. The van der Waals surface area contributed by atoms with E-state index in [2.05, 4.69) is 10.3 Å². The Bertz CT molecular complexity index is 939. The molecule has 2 bridgehead atoms. The van der Waals surface area contributed by atoms with Crippen LogP contribution in [-0.4, -0.2) is 59.1 Å². The van der Waals surface area contributed by atoms with Crippen molar-refractivity contribution in [2.24, 2.45) is 5.92 Å². The molecule has 1 saturated heterocycles. The summed E-state index contributed by atoms with van der Waals surface area (Å²) in [6, 6.07) is 4.99. The third-order valence-electron chi connectivity index (χ3n) is 5.68. The molecule has 1 fully saturated rings. The minimum absolute atomic E-state index is 0.0101. The second-order valence-corrected chi connectivity index (χ2v) is 7.44. The number of oxazole rings is 1. The summed E-state index contributed by atoms with van der Waals surface area (Å²) >= 11 is 0. The highest BCUT2D eigenvalue weighted by molar-refractivity contribution is 5.92. The van der Waals surface area contributed by atoms with Crippen LogP contribution in [-0.2, 0) is 9.53 Å². The average Bonchev–Trinajstić information content (AvgIpc) is 3.26. The minimum Gasteiger partial charge on any atom is -0.451 e. The molecule has 2 aromatic rings. The Morgan fingerprint density at radius 3 is 2.97 bits per heavy atom. The van der Waals surface area contributed by atoms with Crippen LogP contribution < -0.4 is 10.9 Å². The SMILES string of the molecule is CCOCC(=O)NC[C@H]1[C@H]2C[C@H](CN(C(=O)c3cocn3)C2)c2cccc(=O)n21. The summed E-state index contributed by atoms with van der Waals surface area (Å²) in [7, 11) is 0. The smallest absolute Gasteiger partial charge is 0.275 e. The molecule has 1 N–H and O–H groups in total. The van der Waals surface area contributed by atoms with Crippen molar-refractivity contribution < 1.29 is 18.7 Å². The lowest BCUT2D eigenvalue weighted by molar-refractivity contribution is -0.125.